The lowest BCUT2D eigenvalue weighted by molar-refractivity contribution is 0.600. The predicted octanol–water partition coefficient (Wildman–Crippen LogP) is 5.76. The number of H-pyrrole nitrogens is 1. The lowest BCUT2D eigenvalue weighted by Gasteiger charge is -2.11. The molecule has 2 aromatic heterocycles. The molecule has 0 saturated carbocycles. The summed E-state index contributed by atoms with van der Waals surface area (Å²) in [5.41, 5.74) is 7.09. The van der Waals surface area contributed by atoms with Crippen LogP contribution < -0.4 is 11.3 Å². The second kappa shape index (κ2) is 11.6. The van der Waals surface area contributed by atoms with E-state index in [-0.39, 0.29) is 32.2 Å². The van der Waals surface area contributed by atoms with Crippen molar-refractivity contribution in [3.8, 4) is 22.3 Å². The monoisotopic (exact) mass is 633 g/mol. The first-order chi connectivity index (χ1) is 20.8. The number of anilines is 1. The van der Waals surface area contributed by atoms with Crippen molar-refractivity contribution >= 4 is 47.3 Å². The fourth-order valence-corrected chi connectivity index (χ4v) is 6.62. The Labute approximate surface area is 251 Å². The van der Waals surface area contributed by atoms with Crippen LogP contribution in [0.3, 0.4) is 0 Å². The summed E-state index contributed by atoms with van der Waals surface area (Å²) in [6.07, 6.45) is 2.22. The van der Waals surface area contributed by atoms with Crippen LogP contribution in [0, 0.1) is 11.6 Å². The van der Waals surface area contributed by atoms with Crippen LogP contribution in [0.15, 0.2) is 112 Å². The van der Waals surface area contributed by atoms with Gasteiger partial charge in [0.2, 0.25) is 0 Å². The first kappa shape index (κ1) is 30.5. The number of fused-ring (bicyclic) bond motifs is 2. The minimum Gasteiger partial charge on any atom is -0.383 e. The molecule has 12 heteroatoms. The highest BCUT2D eigenvalue weighted by Gasteiger charge is 2.18. The zero-order chi connectivity index (χ0) is 31.8. The Morgan fingerprint density at radius 3 is 1.73 bits per heavy atom. The third-order valence-electron chi connectivity index (χ3n) is 6.81. The molecule has 0 aliphatic rings. The molecule has 0 amide bonds. The zero-order valence-corrected chi connectivity index (χ0v) is 25.0. The van der Waals surface area contributed by atoms with E-state index in [9.17, 15) is 30.4 Å². The summed E-state index contributed by atoms with van der Waals surface area (Å²) in [6, 6.07) is 25.0. The van der Waals surface area contributed by atoms with E-state index >= 15 is 0 Å². The van der Waals surface area contributed by atoms with E-state index in [0.717, 1.165) is 12.5 Å². The summed E-state index contributed by atoms with van der Waals surface area (Å²) in [7, 11) is -6.90. The molecule has 4 aromatic carbocycles. The van der Waals surface area contributed by atoms with Gasteiger partial charge in [0.15, 0.2) is 19.7 Å². The Balaban J connectivity index is 0.000000175. The molecule has 0 aliphatic carbocycles. The Morgan fingerprint density at radius 1 is 0.636 bits per heavy atom. The van der Waals surface area contributed by atoms with Gasteiger partial charge in [0.25, 0.3) is 5.56 Å². The quantitative estimate of drug-likeness (QED) is 0.251. The van der Waals surface area contributed by atoms with Crippen LogP contribution in [-0.4, -0.2) is 39.3 Å². The topological polar surface area (TPSA) is 140 Å². The summed E-state index contributed by atoms with van der Waals surface area (Å²) in [4.78, 5) is 19.0. The standard InChI is InChI=1S/C16H13FN2O2S.C16H12FNO3S/c1-22(20,21)14-8-3-2-6-11(14)12-9-10-5-4-7-13(17)15(10)19-16(12)18;1-22(20,21)14-8-3-2-6-11(14)12-9-10-5-4-7-13(17)15(10)18-16(12)19/h2-9H,1H3,(H2,18,19);2-9H,1H3,(H,18,19). The van der Waals surface area contributed by atoms with Crippen molar-refractivity contribution in [1.82, 2.24) is 9.97 Å². The van der Waals surface area contributed by atoms with Gasteiger partial charge in [-0.3, -0.25) is 4.79 Å². The van der Waals surface area contributed by atoms with Crippen LogP contribution in [0.25, 0.3) is 44.1 Å². The van der Waals surface area contributed by atoms with E-state index in [1.165, 1.54) is 36.4 Å². The molecule has 6 rings (SSSR count). The Kier molecular flexibility index (Phi) is 8.06. The van der Waals surface area contributed by atoms with Gasteiger partial charge in [0, 0.05) is 45.5 Å². The number of rotatable bonds is 4. The van der Waals surface area contributed by atoms with E-state index in [1.54, 1.807) is 60.7 Å². The van der Waals surface area contributed by atoms with Gasteiger partial charge < -0.3 is 10.7 Å². The molecule has 3 N–H and O–H groups in total. The number of sulfone groups is 2. The Morgan fingerprint density at radius 2 is 1.14 bits per heavy atom. The molecule has 0 unspecified atom stereocenters. The molecule has 2 heterocycles. The van der Waals surface area contributed by atoms with E-state index in [1.807, 2.05) is 0 Å². The number of para-hydroxylation sites is 2. The molecule has 0 saturated heterocycles. The molecule has 8 nitrogen and oxygen atoms in total. The van der Waals surface area contributed by atoms with Crippen molar-refractivity contribution < 1.29 is 25.6 Å². The number of aromatic nitrogens is 2. The summed E-state index contributed by atoms with van der Waals surface area (Å²) in [6.45, 7) is 0. The molecule has 0 atom stereocenters. The SMILES string of the molecule is CS(=O)(=O)c1ccccc1-c1cc2cccc(F)c2[nH]c1=O.CS(=O)(=O)c1ccccc1-c1cc2cccc(F)c2nc1N. The summed E-state index contributed by atoms with van der Waals surface area (Å²) in [5.74, 6) is -0.904. The summed E-state index contributed by atoms with van der Waals surface area (Å²) >= 11 is 0. The summed E-state index contributed by atoms with van der Waals surface area (Å²) < 4.78 is 75.1. The number of aromatic amines is 1. The van der Waals surface area contributed by atoms with Crippen LogP contribution in [0.5, 0.6) is 0 Å². The molecular formula is C32H25F2N3O5S2. The van der Waals surface area contributed by atoms with Gasteiger partial charge in [-0.05, 0) is 36.4 Å². The maximum atomic E-state index is 13.8. The molecule has 44 heavy (non-hydrogen) atoms. The lowest BCUT2D eigenvalue weighted by atomic mass is 10.0. The third-order valence-corrected chi connectivity index (χ3v) is 9.12. The van der Waals surface area contributed by atoms with Crippen LogP contribution in [0.2, 0.25) is 0 Å². The Bertz CT molecular complexity index is 2360. The molecular weight excluding hydrogens is 608 g/mol. The highest BCUT2D eigenvalue weighted by Crippen LogP contribution is 2.33. The smallest absolute Gasteiger partial charge is 0.256 e. The normalized spacial score (nSPS) is 11.7. The Hall–Kier alpha value is -4.94. The van der Waals surface area contributed by atoms with Crippen molar-refractivity contribution in [2.24, 2.45) is 0 Å². The number of nitrogens with zero attached hydrogens (tertiary/aromatic N) is 1. The first-order valence-corrected chi connectivity index (χ1v) is 16.8. The zero-order valence-electron chi connectivity index (χ0n) is 23.4. The second-order valence-electron chi connectivity index (χ2n) is 9.99. The van der Waals surface area contributed by atoms with E-state index in [2.05, 4.69) is 9.97 Å². The van der Waals surface area contributed by atoms with Crippen molar-refractivity contribution in [2.45, 2.75) is 9.79 Å². The largest absolute Gasteiger partial charge is 0.383 e. The number of benzene rings is 4. The van der Waals surface area contributed by atoms with Crippen molar-refractivity contribution in [2.75, 3.05) is 18.2 Å². The van der Waals surface area contributed by atoms with Crippen molar-refractivity contribution in [1.29, 1.82) is 0 Å². The van der Waals surface area contributed by atoms with Gasteiger partial charge >= 0.3 is 0 Å². The minimum atomic E-state index is -3.49. The summed E-state index contributed by atoms with van der Waals surface area (Å²) in [5, 5.41) is 1.06. The average molecular weight is 634 g/mol. The van der Waals surface area contributed by atoms with E-state index in [0.29, 0.717) is 27.5 Å². The van der Waals surface area contributed by atoms with Crippen molar-refractivity contribution in [3.05, 3.63) is 119 Å². The number of pyridine rings is 2. The van der Waals surface area contributed by atoms with Crippen molar-refractivity contribution in [3.63, 3.8) is 0 Å². The van der Waals surface area contributed by atoms with Gasteiger partial charge in [0.1, 0.15) is 23.0 Å². The highest BCUT2D eigenvalue weighted by atomic mass is 32.2. The van der Waals surface area contributed by atoms with Gasteiger partial charge in [-0.25, -0.2) is 30.6 Å². The van der Waals surface area contributed by atoms with Gasteiger partial charge in [-0.2, -0.15) is 0 Å². The van der Waals surface area contributed by atoms with Gasteiger partial charge in [-0.15, -0.1) is 0 Å². The van der Waals surface area contributed by atoms with Crippen LogP contribution in [0.4, 0.5) is 14.6 Å². The van der Waals surface area contributed by atoms with Crippen LogP contribution in [0.1, 0.15) is 0 Å². The number of hydrogen-bond donors (Lipinski definition) is 2. The molecule has 0 fully saturated rings. The lowest BCUT2D eigenvalue weighted by Crippen LogP contribution is -2.11. The first-order valence-electron chi connectivity index (χ1n) is 13.0. The molecule has 6 aromatic rings. The highest BCUT2D eigenvalue weighted by molar-refractivity contribution is 7.91. The second-order valence-corrected chi connectivity index (χ2v) is 14.0. The third kappa shape index (κ3) is 6.08. The number of nitrogens with two attached hydrogens (primary N) is 1. The number of halogens is 2. The number of nitrogens with one attached hydrogen (secondary N) is 1. The van der Waals surface area contributed by atoms with E-state index < -0.39 is 36.9 Å². The minimum absolute atomic E-state index is 0.0660. The molecule has 0 radical (unpaired) electrons. The molecule has 0 aliphatic heterocycles. The van der Waals surface area contributed by atoms with Crippen LogP contribution >= 0.6 is 0 Å². The number of hydrogen-bond acceptors (Lipinski definition) is 7. The predicted molar refractivity (Wildman–Crippen MR) is 168 cm³/mol. The fourth-order valence-electron chi connectivity index (χ4n) is 4.81. The van der Waals surface area contributed by atoms with Gasteiger partial charge in [-0.1, -0.05) is 60.7 Å². The maximum Gasteiger partial charge on any atom is 0.256 e. The maximum absolute atomic E-state index is 13.8. The molecule has 0 bridgehead atoms. The van der Waals surface area contributed by atoms with Crippen LogP contribution in [-0.2, 0) is 19.7 Å². The molecule has 0 spiro atoms. The van der Waals surface area contributed by atoms with Gasteiger partial charge in [0.05, 0.1) is 15.3 Å². The number of nitrogen functional groups attached to an aromatic ring is 1. The average Bonchev–Trinajstić information content (AvgIpc) is 2.97. The molecule has 224 valence electrons. The van der Waals surface area contributed by atoms with E-state index in [4.69, 9.17) is 5.73 Å². The fraction of sp³-hybridized carbons (Fsp3) is 0.0625.